The third-order valence-electron chi connectivity index (χ3n) is 3.58. The Morgan fingerprint density at radius 3 is 2.56 bits per heavy atom. The zero-order valence-electron chi connectivity index (χ0n) is 12.7. The van der Waals surface area contributed by atoms with Crippen molar-refractivity contribution in [1.82, 2.24) is 19.8 Å². The molecule has 4 aromatic rings. The van der Waals surface area contributed by atoms with Crippen LogP contribution in [-0.4, -0.2) is 26.9 Å². The maximum Gasteiger partial charge on any atom is 0.235 e. The summed E-state index contributed by atoms with van der Waals surface area (Å²) in [6.45, 7) is 0. The standard InChI is InChI=1S/C16H9Cl2FN4OS/c1-24-9-4-2-8(3-5-9)15-22-23-14(20-21-16(23)25-15)10-6-13(19)12(18)7-11(10)17/h2-7H,1H3. The molecule has 126 valence electrons. The molecule has 0 fully saturated rings. The Bertz CT molecular complexity index is 1080. The molecule has 0 aliphatic heterocycles. The summed E-state index contributed by atoms with van der Waals surface area (Å²) in [5.74, 6) is 0.533. The van der Waals surface area contributed by atoms with E-state index >= 15 is 0 Å². The number of nitrogens with zero attached hydrogens (tertiary/aromatic N) is 4. The van der Waals surface area contributed by atoms with Gasteiger partial charge in [-0.25, -0.2) is 4.39 Å². The van der Waals surface area contributed by atoms with Crippen LogP contribution in [0.4, 0.5) is 4.39 Å². The molecule has 0 aliphatic carbocycles. The highest BCUT2D eigenvalue weighted by molar-refractivity contribution is 7.19. The molecule has 0 N–H and O–H groups in total. The number of ether oxygens (including phenoxy) is 1. The van der Waals surface area contributed by atoms with Gasteiger partial charge < -0.3 is 4.74 Å². The Hall–Kier alpha value is -2.22. The molecule has 2 aromatic carbocycles. The van der Waals surface area contributed by atoms with Gasteiger partial charge >= 0.3 is 0 Å². The van der Waals surface area contributed by atoms with Crippen molar-refractivity contribution in [2.24, 2.45) is 0 Å². The fraction of sp³-hybridized carbons (Fsp3) is 0.0625. The zero-order chi connectivity index (χ0) is 17.6. The zero-order valence-corrected chi connectivity index (χ0v) is 15.0. The van der Waals surface area contributed by atoms with Gasteiger partial charge in [-0.2, -0.15) is 9.61 Å². The van der Waals surface area contributed by atoms with Crippen molar-refractivity contribution in [3.05, 3.63) is 52.3 Å². The molecule has 2 heterocycles. The van der Waals surface area contributed by atoms with Crippen LogP contribution >= 0.6 is 34.5 Å². The van der Waals surface area contributed by atoms with Crippen LogP contribution in [-0.2, 0) is 0 Å². The van der Waals surface area contributed by atoms with E-state index in [1.165, 1.54) is 23.5 Å². The van der Waals surface area contributed by atoms with E-state index in [1.54, 1.807) is 11.6 Å². The minimum absolute atomic E-state index is 0.0493. The van der Waals surface area contributed by atoms with Crippen LogP contribution in [0.1, 0.15) is 0 Å². The van der Waals surface area contributed by atoms with Crippen LogP contribution in [0.3, 0.4) is 0 Å². The largest absolute Gasteiger partial charge is 0.497 e. The fourth-order valence-electron chi connectivity index (χ4n) is 2.33. The normalized spacial score (nSPS) is 11.2. The maximum absolute atomic E-state index is 13.8. The minimum Gasteiger partial charge on any atom is -0.497 e. The molecule has 0 saturated carbocycles. The third-order valence-corrected chi connectivity index (χ3v) is 5.13. The Balaban J connectivity index is 1.82. The second-order valence-electron chi connectivity index (χ2n) is 5.10. The van der Waals surface area contributed by atoms with E-state index in [1.807, 2.05) is 24.3 Å². The van der Waals surface area contributed by atoms with E-state index in [4.69, 9.17) is 27.9 Å². The van der Waals surface area contributed by atoms with E-state index < -0.39 is 5.82 Å². The Morgan fingerprint density at radius 2 is 1.84 bits per heavy atom. The summed E-state index contributed by atoms with van der Waals surface area (Å²) in [4.78, 5) is 0.576. The number of hydrogen-bond acceptors (Lipinski definition) is 5. The van der Waals surface area contributed by atoms with Gasteiger partial charge in [0.15, 0.2) is 5.82 Å². The number of benzene rings is 2. The van der Waals surface area contributed by atoms with Crippen molar-refractivity contribution >= 4 is 39.5 Å². The number of rotatable bonds is 3. The van der Waals surface area contributed by atoms with Crippen LogP contribution in [0.5, 0.6) is 5.75 Å². The molecule has 9 heteroatoms. The number of fused-ring (bicyclic) bond motifs is 1. The molecule has 0 amide bonds. The highest BCUT2D eigenvalue weighted by Crippen LogP contribution is 2.33. The topological polar surface area (TPSA) is 52.3 Å². The molecule has 2 aromatic heterocycles. The van der Waals surface area contributed by atoms with Crippen LogP contribution in [0.2, 0.25) is 10.0 Å². The Kier molecular flexibility index (Phi) is 4.07. The minimum atomic E-state index is -0.580. The predicted octanol–water partition coefficient (Wildman–Crippen LogP) is 4.97. The van der Waals surface area contributed by atoms with Crippen LogP contribution < -0.4 is 4.74 Å². The van der Waals surface area contributed by atoms with Crippen molar-refractivity contribution in [3.63, 3.8) is 0 Å². The summed E-state index contributed by atoms with van der Waals surface area (Å²) < 4.78 is 20.5. The monoisotopic (exact) mass is 394 g/mol. The first-order chi connectivity index (χ1) is 12.1. The molecule has 0 saturated heterocycles. The van der Waals surface area contributed by atoms with Crippen molar-refractivity contribution in [2.45, 2.75) is 0 Å². The van der Waals surface area contributed by atoms with Crippen LogP contribution in [0.25, 0.3) is 26.9 Å². The van der Waals surface area contributed by atoms with Gasteiger partial charge in [-0.15, -0.1) is 10.2 Å². The summed E-state index contributed by atoms with van der Waals surface area (Å²) in [6.07, 6.45) is 0. The highest BCUT2D eigenvalue weighted by Gasteiger charge is 2.18. The average molecular weight is 395 g/mol. The van der Waals surface area contributed by atoms with Gasteiger partial charge in [0.1, 0.15) is 16.6 Å². The number of hydrogen-bond donors (Lipinski definition) is 0. The van der Waals surface area contributed by atoms with Crippen LogP contribution in [0, 0.1) is 5.82 Å². The number of halogens is 3. The molecular formula is C16H9Cl2FN4OS. The third kappa shape index (κ3) is 2.84. The molecule has 25 heavy (non-hydrogen) atoms. The Labute approximate surface area is 155 Å². The van der Waals surface area contributed by atoms with E-state index in [-0.39, 0.29) is 10.0 Å². The fourth-order valence-corrected chi connectivity index (χ4v) is 3.64. The van der Waals surface area contributed by atoms with E-state index in [9.17, 15) is 4.39 Å². The molecular weight excluding hydrogens is 386 g/mol. The predicted molar refractivity (Wildman–Crippen MR) is 96.1 cm³/mol. The lowest BCUT2D eigenvalue weighted by atomic mass is 10.2. The van der Waals surface area contributed by atoms with Gasteiger partial charge in [-0.05, 0) is 36.4 Å². The Morgan fingerprint density at radius 1 is 1.08 bits per heavy atom. The quantitative estimate of drug-likeness (QED) is 0.460. The smallest absolute Gasteiger partial charge is 0.235 e. The van der Waals surface area contributed by atoms with Gasteiger partial charge in [0.25, 0.3) is 0 Å². The average Bonchev–Trinajstić information content (AvgIpc) is 3.19. The highest BCUT2D eigenvalue weighted by atomic mass is 35.5. The second kappa shape index (κ2) is 6.25. The lowest BCUT2D eigenvalue weighted by molar-refractivity contribution is 0.415. The van der Waals surface area contributed by atoms with Gasteiger partial charge in [-0.1, -0.05) is 34.5 Å². The van der Waals surface area contributed by atoms with Crippen molar-refractivity contribution in [1.29, 1.82) is 0 Å². The summed E-state index contributed by atoms with van der Waals surface area (Å²) in [5.41, 5.74) is 1.29. The number of methoxy groups -OCH3 is 1. The summed E-state index contributed by atoms with van der Waals surface area (Å²) in [6, 6.07) is 10.1. The first-order valence-corrected chi connectivity index (χ1v) is 8.65. The summed E-state index contributed by atoms with van der Waals surface area (Å²) in [7, 11) is 1.61. The maximum atomic E-state index is 13.8. The van der Waals surface area contributed by atoms with Gasteiger partial charge in [-0.3, -0.25) is 0 Å². The molecule has 5 nitrogen and oxygen atoms in total. The molecule has 0 unspecified atom stereocenters. The van der Waals surface area contributed by atoms with Crippen molar-refractivity contribution < 1.29 is 9.13 Å². The molecule has 0 atom stereocenters. The van der Waals surface area contributed by atoms with Crippen molar-refractivity contribution in [2.75, 3.05) is 7.11 Å². The van der Waals surface area contributed by atoms with Gasteiger partial charge in [0.05, 0.1) is 17.2 Å². The van der Waals surface area contributed by atoms with Gasteiger partial charge in [0, 0.05) is 11.1 Å². The van der Waals surface area contributed by atoms with Crippen LogP contribution in [0.15, 0.2) is 36.4 Å². The first kappa shape index (κ1) is 16.3. The van der Waals surface area contributed by atoms with E-state index in [0.29, 0.717) is 16.3 Å². The van der Waals surface area contributed by atoms with Crippen molar-refractivity contribution in [3.8, 4) is 27.7 Å². The second-order valence-corrected chi connectivity index (χ2v) is 6.87. The number of aromatic nitrogens is 4. The molecule has 4 rings (SSSR count). The molecule has 0 aliphatic rings. The SMILES string of the molecule is COc1ccc(-c2nn3c(-c4cc(F)c(Cl)cc4Cl)nnc3s2)cc1. The molecule has 0 radical (unpaired) electrons. The lowest BCUT2D eigenvalue weighted by Crippen LogP contribution is -1.93. The van der Waals surface area contributed by atoms with Gasteiger partial charge in [0.2, 0.25) is 4.96 Å². The molecule has 0 bridgehead atoms. The van der Waals surface area contributed by atoms with E-state index in [2.05, 4.69) is 15.3 Å². The lowest BCUT2D eigenvalue weighted by Gasteiger charge is -2.03. The summed E-state index contributed by atoms with van der Waals surface area (Å²) >= 11 is 13.3. The molecule has 0 spiro atoms. The first-order valence-electron chi connectivity index (χ1n) is 7.08. The van der Waals surface area contributed by atoms with E-state index in [0.717, 1.165) is 16.3 Å². The summed E-state index contributed by atoms with van der Waals surface area (Å²) in [5, 5.41) is 13.7.